The van der Waals surface area contributed by atoms with Gasteiger partial charge in [-0.3, -0.25) is 9.69 Å². The van der Waals surface area contributed by atoms with Gasteiger partial charge < -0.3 is 4.90 Å². The van der Waals surface area contributed by atoms with E-state index in [1.807, 2.05) is 23.1 Å². The van der Waals surface area contributed by atoms with Gasteiger partial charge in [0.05, 0.1) is 11.1 Å². The minimum atomic E-state index is -0.326. The van der Waals surface area contributed by atoms with Crippen LogP contribution in [0.25, 0.3) is 0 Å². The number of likely N-dealkylation sites (tertiary alicyclic amines) is 1. The van der Waals surface area contributed by atoms with Crippen molar-refractivity contribution in [2.75, 3.05) is 13.1 Å². The smallest absolute Gasteiger partial charge is 0.256 e. The average Bonchev–Trinajstić information content (AvgIpc) is 3.01. The standard InChI is InChI=1S/C23H27IN2O/c1-23(2,19-9-5-3-6-10-19)26-16-18-13-17(14-20(24)21(18)22(26)27)15-25-11-7-4-8-12-25/h3,5-6,9-10,13-14H,4,7-8,11-12,15-16H2,1-2H3. The van der Waals surface area contributed by atoms with Gasteiger partial charge in [-0.2, -0.15) is 0 Å². The van der Waals surface area contributed by atoms with Crippen LogP contribution < -0.4 is 0 Å². The summed E-state index contributed by atoms with van der Waals surface area (Å²) in [7, 11) is 0. The minimum Gasteiger partial charge on any atom is -0.325 e. The molecule has 1 fully saturated rings. The van der Waals surface area contributed by atoms with E-state index in [1.165, 1.54) is 49.0 Å². The normalized spacial score (nSPS) is 18.0. The number of halogens is 1. The summed E-state index contributed by atoms with van der Waals surface area (Å²) in [4.78, 5) is 17.8. The topological polar surface area (TPSA) is 23.6 Å². The van der Waals surface area contributed by atoms with E-state index in [0.717, 1.165) is 15.7 Å². The van der Waals surface area contributed by atoms with Gasteiger partial charge in [-0.25, -0.2) is 0 Å². The Kier molecular flexibility index (Phi) is 5.30. The SMILES string of the molecule is CC(C)(c1ccccc1)N1Cc2cc(CN3CCCCC3)cc(I)c2C1=O. The molecule has 0 bridgehead atoms. The summed E-state index contributed by atoms with van der Waals surface area (Å²) in [5.74, 6) is 0.160. The Labute approximate surface area is 175 Å². The first-order valence-corrected chi connectivity index (χ1v) is 11.0. The molecule has 0 unspecified atom stereocenters. The monoisotopic (exact) mass is 474 g/mol. The molecule has 4 heteroatoms. The molecule has 4 rings (SSSR count). The Morgan fingerprint density at radius 2 is 1.74 bits per heavy atom. The van der Waals surface area contributed by atoms with Crippen LogP contribution in [0.1, 0.15) is 60.2 Å². The Hall–Kier alpha value is -1.40. The predicted molar refractivity (Wildman–Crippen MR) is 118 cm³/mol. The summed E-state index contributed by atoms with van der Waals surface area (Å²) in [6.07, 6.45) is 3.97. The molecule has 0 saturated carbocycles. The molecule has 27 heavy (non-hydrogen) atoms. The van der Waals surface area contributed by atoms with Crippen molar-refractivity contribution in [1.82, 2.24) is 9.80 Å². The Morgan fingerprint density at radius 3 is 2.44 bits per heavy atom. The molecule has 2 heterocycles. The van der Waals surface area contributed by atoms with Gasteiger partial charge in [-0.15, -0.1) is 0 Å². The number of nitrogens with zero attached hydrogens (tertiary/aromatic N) is 2. The minimum absolute atomic E-state index is 0.160. The lowest BCUT2D eigenvalue weighted by Gasteiger charge is -2.36. The van der Waals surface area contributed by atoms with Crippen LogP contribution in [0.15, 0.2) is 42.5 Å². The van der Waals surface area contributed by atoms with E-state index in [-0.39, 0.29) is 11.4 Å². The van der Waals surface area contributed by atoms with Gasteiger partial charge >= 0.3 is 0 Å². The maximum Gasteiger partial charge on any atom is 0.256 e. The third-order valence-electron chi connectivity index (χ3n) is 6.03. The van der Waals surface area contributed by atoms with Crippen molar-refractivity contribution in [2.24, 2.45) is 0 Å². The largest absolute Gasteiger partial charge is 0.325 e. The van der Waals surface area contributed by atoms with E-state index in [4.69, 9.17) is 0 Å². The van der Waals surface area contributed by atoms with Crippen LogP contribution in [-0.2, 0) is 18.6 Å². The van der Waals surface area contributed by atoms with Gasteiger partial charge in [0.25, 0.3) is 5.91 Å². The number of fused-ring (bicyclic) bond motifs is 1. The molecule has 2 aromatic rings. The molecule has 0 aliphatic carbocycles. The number of carbonyl (C=O) groups excluding carboxylic acids is 1. The molecule has 1 saturated heterocycles. The third-order valence-corrected chi connectivity index (χ3v) is 6.88. The molecule has 2 aliphatic rings. The highest BCUT2D eigenvalue weighted by Gasteiger charge is 2.39. The predicted octanol–water partition coefficient (Wildman–Crippen LogP) is 5.17. The molecule has 2 aliphatic heterocycles. The Bertz CT molecular complexity index is 841. The van der Waals surface area contributed by atoms with Crippen molar-refractivity contribution in [3.63, 3.8) is 0 Å². The van der Waals surface area contributed by atoms with Crippen molar-refractivity contribution >= 4 is 28.5 Å². The zero-order valence-corrected chi connectivity index (χ0v) is 18.3. The van der Waals surface area contributed by atoms with E-state index in [1.54, 1.807) is 0 Å². The van der Waals surface area contributed by atoms with E-state index >= 15 is 0 Å². The summed E-state index contributed by atoms with van der Waals surface area (Å²) >= 11 is 2.35. The van der Waals surface area contributed by atoms with Gasteiger partial charge in [-0.05, 0) is 85.1 Å². The molecular formula is C23H27IN2O. The zero-order chi connectivity index (χ0) is 19.0. The van der Waals surface area contributed by atoms with Crippen LogP contribution in [0.2, 0.25) is 0 Å². The van der Waals surface area contributed by atoms with Gasteiger partial charge in [0.15, 0.2) is 0 Å². The first kappa shape index (κ1) is 18.9. The molecule has 142 valence electrons. The highest BCUT2D eigenvalue weighted by atomic mass is 127. The molecule has 0 radical (unpaired) electrons. The zero-order valence-electron chi connectivity index (χ0n) is 16.2. The Balaban J connectivity index is 1.60. The van der Waals surface area contributed by atoms with Crippen LogP contribution in [0.3, 0.4) is 0 Å². The summed E-state index contributed by atoms with van der Waals surface area (Å²) in [5, 5.41) is 0. The highest BCUT2D eigenvalue weighted by Crippen LogP contribution is 2.38. The second-order valence-electron chi connectivity index (χ2n) is 8.26. The van der Waals surface area contributed by atoms with E-state index in [0.29, 0.717) is 6.54 Å². The van der Waals surface area contributed by atoms with Crippen molar-refractivity contribution in [1.29, 1.82) is 0 Å². The first-order valence-electron chi connectivity index (χ1n) is 9.88. The van der Waals surface area contributed by atoms with Crippen molar-refractivity contribution < 1.29 is 4.79 Å². The lowest BCUT2D eigenvalue weighted by Crippen LogP contribution is -2.41. The molecule has 0 spiro atoms. The number of piperidine rings is 1. The van der Waals surface area contributed by atoms with Gasteiger partial charge in [0.1, 0.15) is 0 Å². The summed E-state index contributed by atoms with van der Waals surface area (Å²) in [5.41, 5.74) is 4.28. The van der Waals surface area contributed by atoms with Crippen molar-refractivity contribution in [3.8, 4) is 0 Å². The fraction of sp³-hybridized carbons (Fsp3) is 0.435. The third kappa shape index (κ3) is 3.66. The second-order valence-corrected chi connectivity index (χ2v) is 9.43. The summed E-state index contributed by atoms with van der Waals surface area (Å²) < 4.78 is 1.09. The van der Waals surface area contributed by atoms with Gasteiger partial charge in [0.2, 0.25) is 0 Å². The molecule has 3 nitrogen and oxygen atoms in total. The lowest BCUT2D eigenvalue weighted by molar-refractivity contribution is 0.0567. The van der Waals surface area contributed by atoms with Crippen LogP contribution in [-0.4, -0.2) is 28.8 Å². The van der Waals surface area contributed by atoms with E-state index in [2.05, 4.69) is 65.6 Å². The molecule has 0 aromatic heterocycles. The fourth-order valence-electron chi connectivity index (χ4n) is 4.39. The maximum absolute atomic E-state index is 13.2. The number of rotatable bonds is 4. The number of hydrogen-bond acceptors (Lipinski definition) is 2. The van der Waals surface area contributed by atoms with Crippen LogP contribution in [0, 0.1) is 3.57 Å². The Morgan fingerprint density at radius 1 is 1.04 bits per heavy atom. The molecular weight excluding hydrogens is 447 g/mol. The molecule has 1 amide bonds. The van der Waals surface area contributed by atoms with Gasteiger partial charge in [0, 0.05) is 16.7 Å². The molecule has 0 N–H and O–H groups in total. The second kappa shape index (κ2) is 7.55. The van der Waals surface area contributed by atoms with Crippen LogP contribution >= 0.6 is 22.6 Å². The molecule has 2 aromatic carbocycles. The van der Waals surface area contributed by atoms with Crippen LogP contribution in [0.5, 0.6) is 0 Å². The number of benzene rings is 2. The fourth-order valence-corrected chi connectivity index (χ4v) is 5.36. The number of amides is 1. The van der Waals surface area contributed by atoms with Gasteiger partial charge in [-0.1, -0.05) is 42.8 Å². The average molecular weight is 474 g/mol. The summed E-state index contributed by atoms with van der Waals surface area (Å²) in [6, 6.07) is 14.8. The number of carbonyl (C=O) groups is 1. The van der Waals surface area contributed by atoms with E-state index in [9.17, 15) is 4.79 Å². The quantitative estimate of drug-likeness (QED) is 0.571. The lowest BCUT2D eigenvalue weighted by atomic mass is 9.92. The maximum atomic E-state index is 13.2. The van der Waals surface area contributed by atoms with Crippen molar-refractivity contribution in [2.45, 2.75) is 51.7 Å². The number of hydrogen-bond donors (Lipinski definition) is 0. The highest BCUT2D eigenvalue weighted by molar-refractivity contribution is 14.1. The van der Waals surface area contributed by atoms with Crippen LogP contribution in [0.4, 0.5) is 0 Å². The summed E-state index contributed by atoms with van der Waals surface area (Å²) in [6.45, 7) is 8.38. The first-order chi connectivity index (χ1) is 13.0. The van der Waals surface area contributed by atoms with Crippen molar-refractivity contribution in [3.05, 3.63) is 68.3 Å². The van der Waals surface area contributed by atoms with E-state index < -0.39 is 0 Å². The molecule has 0 atom stereocenters.